The molecule has 2 rings (SSSR count). The van der Waals surface area contributed by atoms with E-state index in [0.717, 1.165) is 6.92 Å². The van der Waals surface area contributed by atoms with Gasteiger partial charge < -0.3 is 5.73 Å². The number of carbonyl (C=O) groups excluding carboxylic acids is 1. The summed E-state index contributed by atoms with van der Waals surface area (Å²) in [4.78, 5) is 11.8. The van der Waals surface area contributed by atoms with Crippen molar-refractivity contribution in [2.75, 3.05) is 10.7 Å². The molecule has 0 aliphatic carbocycles. The number of benzene rings is 1. The number of anilines is 2. The molecule has 8 heteroatoms. The number of hydrogen-bond donors (Lipinski definition) is 1. The number of carbonyl (C=O) groups is 1. The van der Waals surface area contributed by atoms with Gasteiger partial charge in [-0.3, -0.25) is 4.79 Å². The van der Waals surface area contributed by atoms with Crippen LogP contribution in [0.15, 0.2) is 23.3 Å². The Kier molecular flexibility index (Phi) is 3.17. The summed E-state index contributed by atoms with van der Waals surface area (Å²) >= 11 is 5.69. The van der Waals surface area contributed by atoms with Gasteiger partial charge in [-0.15, -0.1) is 0 Å². The Morgan fingerprint density at radius 3 is 2.53 bits per heavy atom. The van der Waals surface area contributed by atoms with Gasteiger partial charge in [-0.25, -0.2) is 0 Å². The molecule has 102 valence electrons. The van der Waals surface area contributed by atoms with Crippen LogP contribution in [-0.4, -0.2) is 17.8 Å². The highest BCUT2D eigenvalue weighted by atomic mass is 35.5. The van der Waals surface area contributed by atoms with E-state index < -0.39 is 23.7 Å². The zero-order valence-corrected chi connectivity index (χ0v) is 10.5. The largest absolute Gasteiger partial charge is 0.432 e. The van der Waals surface area contributed by atoms with Crippen molar-refractivity contribution in [2.45, 2.75) is 13.1 Å². The standard InChI is InChI=1S/C11H9ClF3N3O/c1-5-9(11(13,14)15)17-18(10(5)19)8-3-2-6(12)4-7(8)16/h2-5H,16H2,1H3. The molecule has 0 bridgehead atoms. The second-order valence-corrected chi connectivity index (χ2v) is 4.49. The Morgan fingerprint density at radius 2 is 2.05 bits per heavy atom. The van der Waals surface area contributed by atoms with E-state index in [1.807, 2.05) is 0 Å². The molecule has 1 aliphatic heterocycles. The van der Waals surface area contributed by atoms with Gasteiger partial charge in [0.1, 0.15) is 0 Å². The molecule has 1 aromatic carbocycles. The maximum absolute atomic E-state index is 12.7. The Bertz CT molecular complexity index is 571. The highest BCUT2D eigenvalue weighted by Gasteiger charge is 2.48. The first-order chi connectivity index (χ1) is 8.71. The number of nitrogens with two attached hydrogens (primary N) is 1. The van der Waals surface area contributed by atoms with Crippen molar-refractivity contribution in [1.29, 1.82) is 0 Å². The molecule has 2 N–H and O–H groups in total. The number of halogens is 4. The van der Waals surface area contributed by atoms with Gasteiger partial charge in [0.05, 0.1) is 17.3 Å². The minimum Gasteiger partial charge on any atom is -0.397 e. The molecular weight excluding hydrogens is 283 g/mol. The first-order valence-corrected chi connectivity index (χ1v) is 5.64. The van der Waals surface area contributed by atoms with Crippen molar-refractivity contribution >= 4 is 34.6 Å². The third kappa shape index (κ3) is 2.37. The minimum absolute atomic E-state index is 0.0835. The number of alkyl halides is 3. The molecule has 19 heavy (non-hydrogen) atoms. The summed E-state index contributed by atoms with van der Waals surface area (Å²) in [7, 11) is 0. The lowest BCUT2D eigenvalue weighted by molar-refractivity contribution is -0.120. The van der Waals surface area contributed by atoms with Crippen LogP contribution in [0.1, 0.15) is 6.92 Å². The van der Waals surface area contributed by atoms with Crippen molar-refractivity contribution in [2.24, 2.45) is 11.0 Å². The fraction of sp³-hybridized carbons (Fsp3) is 0.273. The molecule has 1 atom stereocenters. The van der Waals surface area contributed by atoms with Gasteiger partial charge in [-0.2, -0.15) is 23.3 Å². The third-order valence-electron chi connectivity index (χ3n) is 2.71. The molecular formula is C11H9ClF3N3O. The fourth-order valence-corrected chi connectivity index (χ4v) is 1.92. The summed E-state index contributed by atoms with van der Waals surface area (Å²) in [6.45, 7) is 1.15. The van der Waals surface area contributed by atoms with Crippen molar-refractivity contribution in [3.8, 4) is 0 Å². The number of rotatable bonds is 1. The van der Waals surface area contributed by atoms with Gasteiger partial charge in [0.2, 0.25) is 0 Å². The highest BCUT2D eigenvalue weighted by molar-refractivity contribution is 6.31. The predicted molar refractivity (Wildman–Crippen MR) is 66.0 cm³/mol. The molecule has 1 unspecified atom stereocenters. The van der Waals surface area contributed by atoms with E-state index in [0.29, 0.717) is 10.0 Å². The SMILES string of the molecule is CC1C(=O)N(c2ccc(Cl)cc2N)N=C1C(F)(F)F. The minimum atomic E-state index is -4.65. The van der Waals surface area contributed by atoms with Crippen LogP contribution in [0.5, 0.6) is 0 Å². The van der Waals surface area contributed by atoms with Crippen LogP contribution < -0.4 is 10.7 Å². The summed E-state index contributed by atoms with van der Waals surface area (Å²) in [5, 5.41) is 4.32. The van der Waals surface area contributed by atoms with E-state index in [4.69, 9.17) is 17.3 Å². The van der Waals surface area contributed by atoms with E-state index in [2.05, 4.69) is 5.10 Å². The molecule has 1 heterocycles. The van der Waals surface area contributed by atoms with Crippen molar-refractivity contribution in [1.82, 2.24) is 0 Å². The molecule has 1 aliphatic rings. The summed E-state index contributed by atoms with van der Waals surface area (Å²) in [6, 6.07) is 4.12. The summed E-state index contributed by atoms with van der Waals surface area (Å²) < 4.78 is 38.0. The molecule has 4 nitrogen and oxygen atoms in total. The van der Waals surface area contributed by atoms with Gasteiger partial charge >= 0.3 is 6.18 Å². The number of hydrazone groups is 1. The first kappa shape index (κ1) is 13.7. The number of nitrogen functional groups attached to an aromatic ring is 1. The predicted octanol–water partition coefficient (Wildman–Crippen LogP) is 2.82. The number of hydrogen-bond acceptors (Lipinski definition) is 3. The fourth-order valence-electron chi connectivity index (χ4n) is 1.74. The Labute approximate surface area is 111 Å². The van der Waals surface area contributed by atoms with Crippen molar-refractivity contribution < 1.29 is 18.0 Å². The first-order valence-electron chi connectivity index (χ1n) is 5.26. The van der Waals surface area contributed by atoms with Crippen LogP contribution >= 0.6 is 11.6 Å². The molecule has 0 saturated carbocycles. The Morgan fingerprint density at radius 1 is 1.42 bits per heavy atom. The maximum Gasteiger partial charge on any atom is 0.432 e. The average Bonchev–Trinajstić information content (AvgIpc) is 2.56. The van der Waals surface area contributed by atoms with E-state index >= 15 is 0 Å². The lowest BCUT2D eigenvalue weighted by atomic mass is 10.1. The van der Waals surface area contributed by atoms with E-state index in [1.54, 1.807) is 0 Å². The average molecular weight is 292 g/mol. The van der Waals surface area contributed by atoms with Gasteiger partial charge in [-0.1, -0.05) is 11.6 Å². The van der Waals surface area contributed by atoms with E-state index in [9.17, 15) is 18.0 Å². The zero-order chi connectivity index (χ0) is 14.4. The van der Waals surface area contributed by atoms with Gasteiger partial charge in [0.25, 0.3) is 5.91 Å². The second-order valence-electron chi connectivity index (χ2n) is 4.06. The summed E-state index contributed by atoms with van der Waals surface area (Å²) in [5.74, 6) is -2.13. The molecule has 0 radical (unpaired) electrons. The second kappa shape index (κ2) is 4.41. The molecule has 0 saturated heterocycles. The van der Waals surface area contributed by atoms with E-state index in [1.165, 1.54) is 18.2 Å². The van der Waals surface area contributed by atoms with Crippen LogP contribution in [0.2, 0.25) is 5.02 Å². The highest BCUT2D eigenvalue weighted by Crippen LogP contribution is 2.34. The van der Waals surface area contributed by atoms with Gasteiger partial charge in [0.15, 0.2) is 5.71 Å². The van der Waals surface area contributed by atoms with Crippen LogP contribution in [0.3, 0.4) is 0 Å². The Hall–Kier alpha value is -1.76. The topological polar surface area (TPSA) is 58.7 Å². The zero-order valence-electron chi connectivity index (χ0n) is 9.70. The maximum atomic E-state index is 12.7. The van der Waals surface area contributed by atoms with Crippen LogP contribution in [-0.2, 0) is 4.79 Å². The molecule has 1 amide bonds. The number of nitrogens with zero attached hydrogens (tertiary/aromatic N) is 2. The normalized spacial score (nSPS) is 19.8. The van der Waals surface area contributed by atoms with Crippen LogP contribution in [0.4, 0.5) is 24.5 Å². The van der Waals surface area contributed by atoms with Crippen molar-refractivity contribution in [3.05, 3.63) is 23.2 Å². The summed E-state index contributed by atoms with van der Waals surface area (Å²) in [6.07, 6.45) is -4.65. The number of amides is 1. The lowest BCUT2D eigenvalue weighted by Gasteiger charge is -2.15. The quantitative estimate of drug-likeness (QED) is 0.809. The van der Waals surface area contributed by atoms with Gasteiger partial charge in [-0.05, 0) is 25.1 Å². The summed E-state index contributed by atoms with van der Waals surface area (Å²) in [5.41, 5.74) is 4.67. The van der Waals surface area contributed by atoms with Crippen molar-refractivity contribution in [3.63, 3.8) is 0 Å². The van der Waals surface area contributed by atoms with Crippen LogP contribution in [0, 0.1) is 5.92 Å². The smallest absolute Gasteiger partial charge is 0.397 e. The molecule has 0 aromatic heterocycles. The molecule has 1 aromatic rings. The Balaban J connectivity index is 2.46. The van der Waals surface area contributed by atoms with Crippen LogP contribution in [0.25, 0.3) is 0 Å². The molecule has 0 fully saturated rings. The monoisotopic (exact) mass is 291 g/mol. The molecule has 0 spiro atoms. The van der Waals surface area contributed by atoms with Gasteiger partial charge in [0, 0.05) is 5.02 Å². The lowest BCUT2D eigenvalue weighted by Crippen LogP contribution is -2.31. The van der Waals surface area contributed by atoms with E-state index in [-0.39, 0.29) is 11.4 Å². The third-order valence-corrected chi connectivity index (χ3v) is 2.94.